The number of rotatable bonds is 8. The predicted molar refractivity (Wildman–Crippen MR) is 92.0 cm³/mol. The largest absolute Gasteiger partial charge is 0.484 e. The summed E-state index contributed by atoms with van der Waals surface area (Å²) in [5, 5.41) is 6.02. The Morgan fingerprint density at radius 1 is 1.19 bits per heavy atom. The van der Waals surface area contributed by atoms with Crippen LogP contribution in [-0.4, -0.2) is 44.4 Å². The van der Waals surface area contributed by atoms with E-state index in [9.17, 15) is 18.0 Å². The van der Waals surface area contributed by atoms with Gasteiger partial charge in [-0.2, -0.15) is 13.2 Å². The van der Waals surface area contributed by atoms with E-state index in [1.165, 1.54) is 12.1 Å². The number of nitrogens with one attached hydrogen (secondary N) is 2. The normalized spacial score (nSPS) is 12.0. The highest BCUT2D eigenvalue weighted by atomic mass is 19.4. The summed E-state index contributed by atoms with van der Waals surface area (Å²) in [7, 11) is 1.59. The average Bonchev–Trinajstić information content (AvgIpc) is 2.55. The monoisotopic (exact) mass is 375 g/mol. The number of hydrogen-bond donors (Lipinski definition) is 2. The second-order valence-electron chi connectivity index (χ2n) is 5.69. The van der Waals surface area contributed by atoms with Gasteiger partial charge in [0.05, 0.1) is 12.5 Å². The Morgan fingerprint density at radius 3 is 2.38 bits per heavy atom. The van der Waals surface area contributed by atoms with E-state index in [2.05, 4.69) is 20.4 Å². The number of nitrogens with zero attached hydrogens (tertiary/aromatic N) is 1. The Bertz CT molecular complexity index is 587. The van der Waals surface area contributed by atoms with Crippen molar-refractivity contribution >= 4 is 11.9 Å². The third-order valence-corrected chi connectivity index (χ3v) is 3.00. The van der Waals surface area contributed by atoms with Crippen LogP contribution in [0.2, 0.25) is 0 Å². The Labute approximate surface area is 150 Å². The molecule has 0 bridgehead atoms. The average molecular weight is 375 g/mol. The van der Waals surface area contributed by atoms with Gasteiger partial charge in [0.1, 0.15) is 5.75 Å². The molecule has 0 aliphatic heterocycles. The van der Waals surface area contributed by atoms with Gasteiger partial charge >= 0.3 is 12.1 Å². The fraction of sp³-hybridized carbons (Fsp3) is 0.529. The van der Waals surface area contributed by atoms with Crippen LogP contribution < -0.4 is 15.4 Å². The van der Waals surface area contributed by atoms with E-state index in [-0.39, 0.29) is 24.2 Å². The molecule has 0 heterocycles. The molecule has 9 heteroatoms. The van der Waals surface area contributed by atoms with Crippen molar-refractivity contribution in [3.8, 4) is 5.75 Å². The van der Waals surface area contributed by atoms with Crippen LogP contribution in [0.25, 0.3) is 0 Å². The summed E-state index contributed by atoms with van der Waals surface area (Å²) in [6.45, 7) is 3.03. The lowest BCUT2D eigenvalue weighted by Gasteiger charge is -2.13. The first-order valence-electron chi connectivity index (χ1n) is 8.12. The molecule has 0 aromatic heterocycles. The maximum absolute atomic E-state index is 12.1. The highest BCUT2D eigenvalue weighted by Gasteiger charge is 2.28. The predicted octanol–water partition coefficient (Wildman–Crippen LogP) is 2.63. The zero-order valence-electron chi connectivity index (χ0n) is 15.0. The van der Waals surface area contributed by atoms with Crippen molar-refractivity contribution < 1.29 is 27.4 Å². The van der Waals surface area contributed by atoms with Crippen LogP contribution in [0.4, 0.5) is 13.2 Å². The van der Waals surface area contributed by atoms with Gasteiger partial charge < -0.3 is 20.1 Å². The van der Waals surface area contributed by atoms with Crippen LogP contribution in [0.5, 0.6) is 5.75 Å². The van der Waals surface area contributed by atoms with Crippen molar-refractivity contribution in [2.75, 3.05) is 20.2 Å². The van der Waals surface area contributed by atoms with Crippen LogP contribution in [0, 0.1) is 0 Å². The van der Waals surface area contributed by atoms with Crippen molar-refractivity contribution in [1.82, 2.24) is 10.6 Å². The van der Waals surface area contributed by atoms with Crippen LogP contribution in [-0.2, 0) is 16.1 Å². The van der Waals surface area contributed by atoms with Crippen LogP contribution >= 0.6 is 0 Å². The third kappa shape index (κ3) is 9.75. The molecular weight excluding hydrogens is 351 g/mol. The van der Waals surface area contributed by atoms with Gasteiger partial charge in [-0.05, 0) is 31.5 Å². The molecule has 0 saturated heterocycles. The van der Waals surface area contributed by atoms with Gasteiger partial charge in [-0.3, -0.25) is 9.79 Å². The Kier molecular flexibility index (Phi) is 8.74. The van der Waals surface area contributed by atoms with Crippen LogP contribution in [0.15, 0.2) is 29.3 Å². The van der Waals surface area contributed by atoms with Crippen molar-refractivity contribution in [2.45, 2.75) is 39.1 Å². The minimum Gasteiger partial charge on any atom is -0.484 e. The standard InChI is InChI=1S/C17H24F3N3O3/c1-12(2)26-15(24)8-9-22-16(21-3)23-10-13-4-6-14(7-5-13)25-11-17(18,19)20/h4-7,12H,8-11H2,1-3H3,(H2,21,22,23). The molecule has 0 aliphatic rings. The summed E-state index contributed by atoms with van der Waals surface area (Å²) < 4.78 is 46.0. The maximum atomic E-state index is 12.1. The smallest absolute Gasteiger partial charge is 0.422 e. The molecule has 1 aromatic rings. The van der Waals surface area contributed by atoms with Gasteiger partial charge in [0.15, 0.2) is 12.6 Å². The number of carbonyl (C=O) groups is 1. The molecule has 0 fully saturated rings. The van der Waals surface area contributed by atoms with Gasteiger partial charge in [-0.1, -0.05) is 12.1 Å². The molecule has 1 aromatic carbocycles. The summed E-state index contributed by atoms with van der Waals surface area (Å²) >= 11 is 0. The molecule has 0 spiro atoms. The van der Waals surface area contributed by atoms with E-state index in [0.717, 1.165) is 5.56 Å². The van der Waals surface area contributed by atoms with Crippen LogP contribution in [0.3, 0.4) is 0 Å². The molecule has 0 radical (unpaired) electrons. The maximum Gasteiger partial charge on any atom is 0.422 e. The van der Waals surface area contributed by atoms with Gasteiger partial charge in [-0.15, -0.1) is 0 Å². The van der Waals surface area contributed by atoms with Gasteiger partial charge in [-0.25, -0.2) is 0 Å². The fourth-order valence-electron chi connectivity index (χ4n) is 1.88. The topological polar surface area (TPSA) is 72.0 Å². The first kappa shape index (κ1) is 21.6. The molecule has 0 atom stereocenters. The van der Waals surface area contributed by atoms with E-state index in [1.807, 2.05) is 0 Å². The molecule has 6 nitrogen and oxygen atoms in total. The number of aliphatic imine (C=N–C) groups is 1. The first-order chi connectivity index (χ1) is 12.2. The highest BCUT2D eigenvalue weighted by molar-refractivity contribution is 5.80. The summed E-state index contributed by atoms with van der Waals surface area (Å²) in [5.74, 6) is 0.356. The summed E-state index contributed by atoms with van der Waals surface area (Å²) in [5.41, 5.74) is 0.839. The summed E-state index contributed by atoms with van der Waals surface area (Å²) in [6, 6.07) is 6.26. The summed E-state index contributed by atoms with van der Waals surface area (Å²) in [4.78, 5) is 15.5. The molecule has 26 heavy (non-hydrogen) atoms. The molecule has 0 unspecified atom stereocenters. The number of ether oxygens (including phenoxy) is 2. The SMILES string of the molecule is CN=C(NCCC(=O)OC(C)C)NCc1ccc(OCC(F)(F)F)cc1. The molecule has 0 aliphatic carbocycles. The van der Waals surface area contributed by atoms with Crippen molar-refractivity contribution in [1.29, 1.82) is 0 Å². The van der Waals surface area contributed by atoms with E-state index < -0.39 is 12.8 Å². The van der Waals surface area contributed by atoms with E-state index in [4.69, 9.17) is 4.74 Å². The number of halogens is 3. The van der Waals surface area contributed by atoms with E-state index in [0.29, 0.717) is 19.0 Å². The number of esters is 1. The number of benzene rings is 1. The fourth-order valence-corrected chi connectivity index (χ4v) is 1.88. The Hall–Kier alpha value is -2.45. The molecule has 1 rings (SSSR count). The van der Waals surface area contributed by atoms with E-state index in [1.54, 1.807) is 33.0 Å². The molecule has 0 amide bonds. The Balaban J connectivity index is 2.36. The quantitative estimate of drug-likeness (QED) is 0.415. The van der Waals surface area contributed by atoms with Gasteiger partial charge in [0, 0.05) is 20.1 Å². The molecule has 0 saturated carbocycles. The van der Waals surface area contributed by atoms with Crippen LogP contribution in [0.1, 0.15) is 25.8 Å². The lowest BCUT2D eigenvalue weighted by atomic mass is 10.2. The number of hydrogen-bond acceptors (Lipinski definition) is 4. The zero-order chi connectivity index (χ0) is 19.6. The number of carbonyl (C=O) groups excluding carboxylic acids is 1. The van der Waals surface area contributed by atoms with Crippen molar-refractivity contribution in [3.63, 3.8) is 0 Å². The third-order valence-electron chi connectivity index (χ3n) is 3.00. The minimum absolute atomic E-state index is 0.150. The first-order valence-corrected chi connectivity index (χ1v) is 8.12. The van der Waals surface area contributed by atoms with Gasteiger partial charge in [0.25, 0.3) is 0 Å². The lowest BCUT2D eigenvalue weighted by Crippen LogP contribution is -2.38. The zero-order valence-corrected chi connectivity index (χ0v) is 15.0. The lowest BCUT2D eigenvalue weighted by molar-refractivity contribution is -0.153. The second-order valence-corrected chi connectivity index (χ2v) is 5.69. The molecule has 146 valence electrons. The minimum atomic E-state index is -4.36. The second kappa shape index (κ2) is 10.5. The van der Waals surface area contributed by atoms with E-state index >= 15 is 0 Å². The van der Waals surface area contributed by atoms with Crippen molar-refractivity contribution in [3.05, 3.63) is 29.8 Å². The number of alkyl halides is 3. The number of guanidine groups is 1. The van der Waals surface area contributed by atoms with Gasteiger partial charge in [0.2, 0.25) is 0 Å². The highest BCUT2D eigenvalue weighted by Crippen LogP contribution is 2.18. The van der Waals surface area contributed by atoms with Crippen molar-refractivity contribution in [2.24, 2.45) is 4.99 Å². The molecule has 2 N–H and O–H groups in total. The Morgan fingerprint density at radius 2 is 1.85 bits per heavy atom. The molecular formula is C17H24F3N3O3. The summed E-state index contributed by atoms with van der Waals surface area (Å²) in [6.07, 6.45) is -4.30.